The topological polar surface area (TPSA) is 119 Å². The number of rotatable bonds is 8. The van der Waals surface area contributed by atoms with Gasteiger partial charge in [-0.25, -0.2) is 9.18 Å². The van der Waals surface area contributed by atoms with E-state index < -0.39 is 41.5 Å². The Balaban J connectivity index is 1.42. The Hall–Kier alpha value is -4.48. The third-order valence-corrected chi connectivity index (χ3v) is 8.68. The highest BCUT2D eigenvalue weighted by molar-refractivity contribution is 6.36. The van der Waals surface area contributed by atoms with Gasteiger partial charge in [-0.3, -0.25) is 24.2 Å². The molecule has 3 aromatic carbocycles. The van der Waals surface area contributed by atoms with Gasteiger partial charge in [0.1, 0.15) is 17.5 Å². The van der Waals surface area contributed by atoms with Gasteiger partial charge in [-0.15, -0.1) is 0 Å². The number of imide groups is 1. The molecule has 5 rings (SSSR count). The Morgan fingerprint density at radius 1 is 1.05 bits per heavy atom. The van der Waals surface area contributed by atoms with Crippen LogP contribution in [0.3, 0.4) is 0 Å². The van der Waals surface area contributed by atoms with Crippen LogP contribution in [0, 0.1) is 24.6 Å². The van der Waals surface area contributed by atoms with E-state index >= 15 is 4.39 Å². The Morgan fingerprint density at radius 2 is 1.70 bits per heavy atom. The lowest BCUT2D eigenvalue weighted by atomic mass is 9.94. The summed E-state index contributed by atoms with van der Waals surface area (Å²) in [6.07, 6.45) is 0. The molecule has 3 aromatic rings. The molecule has 0 spiro atoms. The quantitative estimate of drug-likeness (QED) is 0.349. The normalized spacial score (nSPS) is 17.5. The number of halogens is 2. The fourth-order valence-corrected chi connectivity index (χ4v) is 5.97. The van der Waals surface area contributed by atoms with E-state index in [9.17, 15) is 19.2 Å². The molecule has 0 aliphatic carbocycles. The fourth-order valence-electron chi connectivity index (χ4n) is 5.64. The summed E-state index contributed by atoms with van der Waals surface area (Å²) in [5.74, 6) is -3.63. The van der Waals surface area contributed by atoms with Gasteiger partial charge in [0.15, 0.2) is 0 Å². The first-order valence-electron chi connectivity index (χ1n) is 13.9. The number of nitrogens with one attached hydrogen (secondary N) is 1. The third kappa shape index (κ3) is 5.72. The maximum atomic E-state index is 15.4. The molecule has 2 N–H and O–H groups in total. The van der Waals surface area contributed by atoms with Crippen LogP contribution in [0.4, 0.5) is 14.9 Å². The van der Waals surface area contributed by atoms with Crippen LogP contribution in [0.25, 0.3) is 22.3 Å². The molecule has 0 saturated carbocycles. The fraction of sp³-hybridized carbons (Fsp3) is 0.312. The second kappa shape index (κ2) is 12.3. The van der Waals surface area contributed by atoms with Crippen molar-refractivity contribution in [2.24, 2.45) is 11.8 Å². The smallest absolute Gasteiger partial charge is 0.326 e. The lowest BCUT2D eigenvalue weighted by Crippen LogP contribution is -2.56. The highest BCUT2D eigenvalue weighted by Crippen LogP contribution is 2.41. The molecule has 10 nitrogen and oxygen atoms in total. The first kappa shape index (κ1) is 31.0. The number of aliphatic carboxylic acids is 1. The van der Waals surface area contributed by atoms with Crippen LogP contribution in [-0.4, -0.2) is 84.5 Å². The predicted octanol–water partition coefficient (Wildman–Crippen LogP) is 4.73. The molecule has 2 aliphatic rings. The molecular weight excluding hydrogens is 591 g/mol. The Morgan fingerprint density at radius 3 is 2.39 bits per heavy atom. The largest absolute Gasteiger partial charge is 0.496 e. The van der Waals surface area contributed by atoms with E-state index in [1.165, 1.54) is 32.2 Å². The number of carbonyl (C=O) groups is 4. The second-order valence-electron chi connectivity index (χ2n) is 11.1. The summed E-state index contributed by atoms with van der Waals surface area (Å²) in [6.45, 7) is 2.70. The van der Waals surface area contributed by atoms with Gasteiger partial charge in [0, 0.05) is 62.7 Å². The third-order valence-electron chi connectivity index (χ3n) is 8.27. The maximum absolute atomic E-state index is 15.4. The first-order chi connectivity index (χ1) is 20.9. The summed E-state index contributed by atoms with van der Waals surface area (Å²) < 4.78 is 21.0. The van der Waals surface area contributed by atoms with Gasteiger partial charge in [0.2, 0.25) is 11.8 Å². The molecule has 0 aromatic heterocycles. The summed E-state index contributed by atoms with van der Waals surface area (Å²) >= 11 is 6.94. The van der Waals surface area contributed by atoms with Gasteiger partial charge in [-0.1, -0.05) is 41.9 Å². The number of benzene rings is 3. The molecule has 1 unspecified atom stereocenters. The Bertz CT molecular complexity index is 1670. The van der Waals surface area contributed by atoms with Crippen LogP contribution in [0.15, 0.2) is 48.5 Å². The van der Waals surface area contributed by atoms with Crippen molar-refractivity contribution in [3.05, 3.63) is 70.5 Å². The van der Waals surface area contributed by atoms with Crippen LogP contribution in [-0.2, 0) is 20.9 Å². The number of carboxylic acid groups (broad SMARTS) is 1. The molecule has 12 heteroatoms. The highest BCUT2D eigenvalue weighted by atomic mass is 35.5. The molecule has 2 saturated heterocycles. The molecule has 4 amide bonds. The molecule has 230 valence electrons. The summed E-state index contributed by atoms with van der Waals surface area (Å²) in [4.78, 5) is 53.1. The van der Waals surface area contributed by atoms with Crippen LogP contribution in [0.2, 0.25) is 5.02 Å². The van der Waals surface area contributed by atoms with E-state index in [-0.39, 0.29) is 13.1 Å². The van der Waals surface area contributed by atoms with Gasteiger partial charge >= 0.3 is 12.0 Å². The van der Waals surface area contributed by atoms with Crippen LogP contribution < -0.4 is 10.1 Å². The van der Waals surface area contributed by atoms with Gasteiger partial charge in [0.25, 0.3) is 0 Å². The minimum atomic E-state index is -1.05. The number of anilines is 1. The van der Waals surface area contributed by atoms with E-state index in [4.69, 9.17) is 21.4 Å². The number of hydrogen-bond donors (Lipinski definition) is 2. The summed E-state index contributed by atoms with van der Waals surface area (Å²) in [5, 5.41) is 12.3. The summed E-state index contributed by atoms with van der Waals surface area (Å²) in [5.41, 5.74) is 3.98. The van der Waals surface area contributed by atoms with Crippen molar-refractivity contribution in [2.75, 3.05) is 46.2 Å². The van der Waals surface area contributed by atoms with Gasteiger partial charge in [-0.05, 0) is 41.8 Å². The lowest BCUT2D eigenvalue weighted by Gasteiger charge is -2.36. The molecule has 2 aliphatic heterocycles. The van der Waals surface area contributed by atoms with Gasteiger partial charge in [0.05, 0.1) is 18.1 Å². The van der Waals surface area contributed by atoms with Crippen molar-refractivity contribution in [1.29, 1.82) is 0 Å². The van der Waals surface area contributed by atoms with E-state index in [1.54, 1.807) is 30.3 Å². The number of carbonyl (C=O) groups excluding carboxylic acids is 3. The average molecular weight is 623 g/mol. The average Bonchev–Trinajstić information content (AvgIpc) is 2.97. The number of methoxy groups -OCH3 is 1. The SMILES string of the molecule is COc1cc(-c2cccc(-c3cccc(NC(=O)C4CN(C)C(=O)N(C)C4=O)c3C)c2Cl)cc(F)c1CN1CC(C(=O)O)C1. The highest BCUT2D eigenvalue weighted by Gasteiger charge is 2.39. The van der Waals surface area contributed by atoms with E-state index in [0.29, 0.717) is 57.4 Å². The molecule has 2 heterocycles. The second-order valence-corrected chi connectivity index (χ2v) is 11.5. The lowest BCUT2D eigenvalue weighted by molar-refractivity contribution is -0.148. The molecule has 0 radical (unpaired) electrons. The molecule has 0 bridgehead atoms. The maximum Gasteiger partial charge on any atom is 0.326 e. The van der Waals surface area contributed by atoms with Crippen molar-refractivity contribution in [1.82, 2.24) is 14.7 Å². The first-order valence-corrected chi connectivity index (χ1v) is 14.3. The minimum Gasteiger partial charge on any atom is -0.496 e. The summed E-state index contributed by atoms with van der Waals surface area (Å²) in [6, 6.07) is 13.4. The Labute approximate surface area is 258 Å². The van der Waals surface area contributed by atoms with E-state index in [1.807, 2.05) is 24.0 Å². The standard InChI is InChI=1S/C32H32ClFN4O6/c1-17-20(7-6-10-26(17)35-29(39)24-15-36(2)32(43)37(3)30(24)40)22-9-5-8-21(28(22)33)18-11-25(34)23(27(12-18)44-4)16-38-13-19(14-38)31(41)42/h5-12,19,24H,13-16H2,1-4H3,(H,35,39)(H,41,42). The van der Waals surface area contributed by atoms with Crippen LogP contribution >= 0.6 is 11.6 Å². The number of urea groups is 1. The number of likely N-dealkylation sites (tertiary alicyclic amines) is 1. The van der Waals surface area contributed by atoms with Crippen molar-refractivity contribution < 1.29 is 33.4 Å². The Kier molecular flexibility index (Phi) is 8.62. The van der Waals surface area contributed by atoms with E-state index in [0.717, 1.165) is 10.5 Å². The van der Waals surface area contributed by atoms with Crippen molar-refractivity contribution in [3.8, 4) is 28.0 Å². The zero-order valence-electron chi connectivity index (χ0n) is 24.7. The molecule has 2 fully saturated rings. The van der Waals surface area contributed by atoms with E-state index in [2.05, 4.69) is 5.32 Å². The minimum absolute atomic E-state index is 0.0276. The van der Waals surface area contributed by atoms with Crippen molar-refractivity contribution >= 4 is 41.1 Å². The number of amides is 4. The number of hydrogen-bond acceptors (Lipinski definition) is 6. The predicted molar refractivity (Wildman–Crippen MR) is 163 cm³/mol. The monoisotopic (exact) mass is 622 g/mol. The number of carboxylic acids is 1. The zero-order valence-corrected chi connectivity index (χ0v) is 25.4. The van der Waals surface area contributed by atoms with Gasteiger partial charge in [-0.2, -0.15) is 0 Å². The molecular formula is C32H32ClFN4O6. The van der Waals surface area contributed by atoms with Gasteiger partial charge < -0.3 is 20.1 Å². The number of ether oxygens (including phenoxy) is 1. The molecule has 44 heavy (non-hydrogen) atoms. The number of nitrogens with zero attached hydrogens (tertiary/aromatic N) is 3. The van der Waals surface area contributed by atoms with Crippen LogP contribution in [0.1, 0.15) is 11.1 Å². The van der Waals surface area contributed by atoms with Crippen molar-refractivity contribution in [2.45, 2.75) is 13.5 Å². The zero-order chi connectivity index (χ0) is 31.9. The molecule has 1 atom stereocenters. The summed E-state index contributed by atoms with van der Waals surface area (Å²) in [7, 11) is 4.33. The van der Waals surface area contributed by atoms with Crippen LogP contribution in [0.5, 0.6) is 5.75 Å². The van der Waals surface area contributed by atoms with Crippen molar-refractivity contribution in [3.63, 3.8) is 0 Å².